The highest BCUT2D eigenvalue weighted by atomic mass is 16.2. The number of nitriles is 1. The number of amides is 1. The Bertz CT molecular complexity index is 427. The second-order valence-electron chi connectivity index (χ2n) is 8.22. The SMILES string of the molecule is CC(C)(C)C1CCCN(CC(=O)NC2(C#N)CCCC2)CC1. The maximum atomic E-state index is 12.3. The van der Waals surface area contributed by atoms with Gasteiger partial charge in [-0.15, -0.1) is 0 Å². The smallest absolute Gasteiger partial charge is 0.235 e. The zero-order chi connectivity index (χ0) is 16.2. The van der Waals surface area contributed by atoms with Crippen LogP contribution in [0.3, 0.4) is 0 Å². The Hall–Kier alpha value is -1.08. The van der Waals surface area contributed by atoms with Gasteiger partial charge < -0.3 is 5.32 Å². The van der Waals surface area contributed by atoms with E-state index in [1.54, 1.807) is 0 Å². The molecule has 1 saturated heterocycles. The van der Waals surface area contributed by atoms with Crippen molar-refractivity contribution in [3.8, 4) is 6.07 Å². The molecule has 1 aliphatic carbocycles. The third kappa shape index (κ3) is 4.46. The Labute approximate surface area is 135 Å². The van der Waals surface area contributed by atoms with Crippen molar-refractivity contribution >= 4 is 5.91 Å². The van der Waals surface area contributed by atoms with Gasteiger partial charge in [-0.1, -0.05) is 20.8 Å². The molecule has 124 valence electrons. The van der Waals surface area contributed by atoms with Crippen LogP contribution >= 0.6 is 0 Å². The summed E-state index contributed by atoms with van der Waals surface area (Å²) in [6, 6.07) is 2.33. The highest BCUT2D eigenvalue weighted by molar-refractivity contribution is 5.79. The van der Waals surface area contributed by atoms with E-state index < -0.39 is 5.54 Å². The van der Waals surface area contributed by atoms with E-state index in [0.717, 1.165) is 44.7 Å². The normalized spacial score (nSPS) is 26.2. The Morgan fingerprint density at radius 1 is 1.23 bits per heavy atom. The average Bonchev–Trinajstić information content (AvgIpc) is 2.76. The molecule has 0 aromatic carbocycles. The first-order chi connectivity index (χ1) is 10.3. The molecule has 1 unspecified atom stereocenters. The lowest BCUT2D eigenvalue weighted by Crippen LogP contribution is -2.49. The Balaban J connectivity index is 1.83. The fourth-order valence-electron chi connectivity index (χ4n) is 3.93. The lowest BCUT2D eigenvalue weighted by molar-refractivity contribution is -0.123. The van der Waals surface area contributed by atoms with E-state index in [1.165, 1.54) is 19.3 Å². The first-order valence-corrected chi connectivity index (χ1v) is 8.79. The van der Waals surface area contributed by atoms with Crippen molar-refractivity contribution in [3.05, 3.63) is 0 Å². The zero-order valence-corrected chi connectivity index (χ0v) is 14.5. The van der Waals surface area contributed by atoms with Gasteiger partial charge in [-0.2, -0.15) is 5.26 Å². The quantitative estimate of drug-likeness (QED) is 0.871. The summed E-state index contributed by atoms with van der Waals surface area (Å²) in [4.78, 5) is 14.6. The van der Waals surface area contributed by atoms with E-state index in [-0.39, 0.29) is 5.91 Å². The number of rotatable bonds is 3. The van der Waals surface area contributed by atoms with Crippen molar-refractivity contribution < 1.29 is 4.79 Å². The molecule has 0 aromatic rings. The van der Waals surface area contributed by atoms with Gasteiger partial charge in [0, 0.05) is 0 Å². The molecule has 22 heavy (non-hydrogen) atoms. The van der Waals surface area contributed by atoms with Gasteiger partial charge in [0.25, 0.3) is 0 Å². The van der Waals surface area contributed by atoms with Crippen LogP contribution in [0.15, 0.2) is 0 Å². The molecule has 0 radical (unpaired) electrons. The van der Waals surface area contributed by atoms with Crippen molar-refractivity contribution in [3.63, 3.8) is 0 Å². The third-order valence-electron chi connectivity index (χ3n) is 5.46. The van der Waals surface area contributed by atoms with Crippen LogP contribution in [-0.4, -0.2) is 36.0 Å². The van der Waals surface area contributed by atoms with Gasteiger partial charge in [0.05, 0.1) is 12.6 Å². The number of carbonyl (C=O) groups excluding carboxylic acids is 1. The predicted molar refractivity (Wildman–Crippen MR) is 88.2 cm³/mol. The van der Waals surface area contributed by atoms with E-state index >= 15 is 0 Å². The fourth-order valence-corrected chi connectivity index (χ4v) is 3.93. The van der Waals surface area contributed by atoms with E-state index in [1.807, 2.05) is 0 Å². The summed E-state index contributed by atoms with van der Waals surface area (Å²) in [6.07, 6.45) is 7.29. The molecule has 4 heteroatoms. The summed E-state index contributed by atoms with van der Waals surface area (Å²) in [7, 11) is 0. The van der Waals surface area contributed by atoms with Crippen LogP contribution in [0.25, 0.3) is 0 Å². The highest BCUT2D eigenvalue weighted by Gasteiger charge is 2.35. The van der Waals surface area contributed by atoms with Gasteiger partial charge >= 0.3 is 0 Å². The van der Waals surface area contributed by atoms with Gasteiger partial charge in [-0.05, 0) is 69.4 Å². The molecule has 1 heterocycles. The van der Waals surface area contributed by atoms with Crippen molar-refractivity contribution in [2.75, 3.05) is 19.6 Å². The summed E-state index contributed by atoms with van der Waals surface area (Å²) in [5.74, 6) is 0.763. The fraction of sp³-hybridized carbons (Fsp3) is 0.889. The molecule has 0 aromatic heterocycles. The van der Waals surface area contributed by atoms with Crippen LogP contribution in [0.4, 0.5) is 0 Å². The molecule has 1 N–H and O–H groups in total. The number of nitrogens with one attached hydrogen (secondary N) is 1. The standard InChI is InChI=1S/C18H31N3O/c1-17(2,3)15-7-6-11-21(12-8-15)13-16(22)20-18(14-19)9-4-5-10-18/h15H,4-13H2,1-3H3,(H,20,22). The van der Waals surface area contributed by atoms with Crippen LogP contribution in [-0.2, 0) is 4.79 Å². The van der Waals surface area contributed by atoms with Gasteiger partial charge in [-0.25, -0.2) is 0 Å². The van der Waals surface area contributed by atoms with E-state index in [0.29, 0.717) is 12.0 Å². The lowest BCUT2D eigenvalue weighted by atomic mass is 9.77. The topological polar surface area (TPSA) is 56.1 Å². The highest BCUT2D eigenvalue weighted by Crippen LogP contribution is 2.34. The predicted octanol–water partition coefficient (Wildman–Crippen LogP) is 3.09. The van der Waals surface area contributed by atoms with Gasteiger partial charge in [0.15, 0.2) is 0 Å². The number of carbonyl (C=O) groups is 1. The van der Waals surface area contributed by atoms with Crippen molar-refractivity contribution in [2.45, 2.75) is 71.3 Å². The Morgan fingerprint density at radius 3 is 2.50 bits per heavy atom. The van der Waals surface area contributed by atoms with Crippen LogP contribution in [0.2, 0.25) is 0 Å². The maximum Gasteiger partial charge on any atom is 0.235 e. The van der Waals surface area contributed by atoms with Crippen LogP contribution < -0.4 is 5.32 Å². The second-order valence-corrected chi connectivity index (χ2v) is 8.22. The summed E-state index contributed by atoms with van der Waals surface area (Å²) < 4.78 is 0. The summed E-state index contributed by atoms with van der Waals surface area (Å²) in [5, 5.41) is 12.4. The summed E-state index contributed by atoms with van der Waals surface area (Å²) in [6.45, 7) is 9.39. The van der Waals surface area contributed by atoms with E-state index in [4.69, 9.17) is 0 Å². The Morgan fingerprint density at radius 2 is 1.91 bits per heavy atom. The zero-order valence-electron chi connectivity index (χ0n) is 14.5. The third-order valence-corrected chi connectivity index (χ3v) is 5.46. The number of hydrogen-bond acceptors (Lipinski definition) is 3. The largest absolute Gasteiger partial charge is 0.337 e. The molecule has 1 saturated carbocycles. The molecule has 2 aliphatic rings. The lowest BCUT2D eigenvalue weighted by Gasteiger charge is -2.30. The molecule has 4 nitrogen and oxygen atoms in total. The molecule has 0 bridgehead atoms. The number of likely N-dealkylation sites (tertiary alicyclic amines) is 1. The van der Waals surface area contributed by atoms with E-state index in [9.17, 15) is 10.1 Å². The first-order valence-electron chi connectivity index (χ1n) is 8.79. The van der Waals surface area contributed by atoms with Gasteiger partial charge in [0.2, 0.25) is 5.91 Å². The summed E-state index contributed by atoms with van der Waals surface area (Å²) >= 11 is 0. The van der Waals surface area contributed by atoms with Crippen molar-refractivity contribution in [2.24, 2.45) is 11.3 Å². The molecular formula is C18H31N3O. The van der Waals surface area contributed by atoms with Crippen molar-refractivity contribution in [1.29, 1.82) is 5.26 Å². The maximum absolute atomic E-state index is 12.3. The molecule has 0 spiro atoms. The number of hydrogen-bond donors (Lipinski definition) is 1. The minimum absolute atomic E-state index is 0.0256. The first kappa shape index (κ1) is 17.3. The van der Waals surface area contributed by atoms with Crippen LogP contribution in [0, 0.1) is 22.7 Å². The molecule has 2 rings (SSSR count). The minimum atomic E-state index is -0.586. The van der Waals surface area contributed by atoms with E-state index in [2.05, 4.69) is 37.1 Å². The minimum Gasteiger partial charge on any atom is -0.337 e. The second kappa shape index (κ2) is 7.00. The average molecular weight is 305 g/mol. The molecular weight excluding hydrogens is 274 g/mol. The Kier molecular flexibility index (Phi) is 5.50. The van der Waals surface area contributed by atoms with Crippen LogP contribution in [0.1, 0.15) is 65.7 Å². The van der Waals surface area contributed by atoms with Gasteiger partial charge in [-0.3, -0.25) is 9.69 Å². The van der Waals surface area contributed by atoms with Gasteiger partial charge in [0.1, 0.15) is 5.54 Å². The molecule has 2 fully saturated rings. The van der Waals surface area contributed by atoms with Crippen molar-refractivity contribution in [1.82, 2.24) is 10.2 Å². The monoisotopic (exact) mass is 305 g/mol. The summed E-state index contributed by atoms with van der Waals surface area (Å²) in [5.41, 5.74) is -0.232. The molecule has 1 atom stereocenters. The van der Waals surface area contributed by atoms with Crippen LogP contribution in [0.5, 0.6) is 0 Å². The molecule has 1 amide bonds. The number of nitrogens with zero attached hydrogens (tertiary/aromatic N) is 2. The molecule has 1 aliphatic heterocycles.